The Morgan fingerprint density at radius 2 is 2.36 bits per heavy atom. The van der Waals surface area contributed by atoms with Crippen LogP contribution in [-0.4, -0.2) is 37.1 Å². The smallest absolute Gasteiger partial charge is 0.0622 e. The molecule has 0 radical (unpaired) electrons. The van der Waals surface area contributed by atoms with Gasteiger partial charge in [-0.25, -0.2) is 0 Å². The fraction of sp³-hybridized carbons (Fsp3) is 0.909. The molecule has 3 heteroatoms. The summed E-state index contributed by atoms with van der Waals surface area (Å²) < 4.78 is 0. The van der Waals surface area contributed by atoms with E-state index in [-0.39, 0.29) is 0 Å². The highest BCUT2D eigenvalue weighted by Gasteiger charge is 2.33. The SMILES string of the molecule is N#CCCCN1CC2CCCNC2C1. The lowest BCUT2D eigenvalue weighted by Crippen LogP contribution is -2.40. The van der Waals surface area contributed by atoms with Crippen LogP contribution in [0.5, 0.6) is 0 Å². The molecule has 0 aromatic rings. The van der Waals surface area contributed by atoms with E-state index in [4.69, 9.17) is 5.26 Å². The average molecular weight is 193 g/mol. The van der Waals surface area contributed by atoms with Crippen LogP contribution in [0.15, 0.2) is 0 Å². The van der Waals surface area contributed by atoms with Crippen LogP contribution in [0.3, 0.4) is 0 Å². The molecule has 3 nitrogen and oxygen atoms in total. The first kappa shape index (κ1) is 9.95. The van der Waals surface area contributed by atoms with Crippen LogP contribution in [0.1, 0.15) is 25.7 Å². The standard InChI is InChI=1S/C11H19N3/c12-5-1-2-7-14-8-10-4-3-6-13-11(10)9-14/h10-11,13H,1-4,6-9H2. The summed E-state index contributed by atoms with van der Waals surface area (Å²) in [6.45, 7) is 4.77. The van der Waals surface area contributed by atoms with Crippen LogP contribution >= 0.6 is 0 Å². The van der Waals surface area contributed by atoms with Gasteiger partial charge in [-0.15, -0.1) is 0 Å². The van der Waals surface area contributed by atoms with Gasteiger partial charge < -0.3 is 10.2 Å². The van der Waals surface area contributed by atoms with Crippen molar-refractivity contribution < 1.29 is 0 Å². The summed E-state index contributed by atoms with van der Waals surface area (Å²) in [6, 6.07) is 2.95. The van der Waals surface area contributed by atoms with Crippen LogP contribution in [0.2, 0.25) is 0 Å². The Morgan fingerprint density at radius 1 is 1.43 bits per heavy atom. The minimum absolute atomic E-state index is 0.708. The van der Waals surface area contributed by atoms with Crippen LogP contribution < -0.4 is 5.32 Å². The molecule has 78 valence electrons. The summed E-state index contributed by atoms with van der Waals surface area (Å²) in [5, 5.41) is 12.1. The van der Waals surface area contributed by atoms with Gasteiger partial charge in [0.15, 0.2) is 0 Å². The molecule has 0 aromatic carbocycles. The van der Waals surface area contributed by atoms with Crippen molar-refractivity contribution in [1.29, 1.82) is 5.26 Å². The monoisotopic (exact) mass is 193 g/mol. The van der Waals surface area contributed by atoms with Gasteiger partial charge in [-0.2, -0.15) is 5.26 Å². The van der Waals surface area contributed by atoms with Crippen molar-refractivity contribution in [2.75, 3.05) is 26.2 Å². The van der Waals surface area contributed by atoms with Gasteiger partial charge in [0, 0.05) is 25.6 Å². The van der Waals surface area contributed by atoms with Crippen molar-refractivity contribution in [2.45, 2.75) is 31.7 Å². The van der Waals surface area contributed by atoms with Crippen molar-refractivity contribution in [2.24, 2.45) is 5.92 Å². The van der Waals surface area contributed by atoms with E-state index in [1.54, 1.807) is 0 Å². The molecule has 2 atom stereocenters. The number of unbranched alkanes of at least 4 members (excludes halogenated alkanes) is 1. The molecule has 0 amide bonds. The van der Waals surface area contributed by atoms with Crippen LogP contribution in [0.25, 0.3) is 0 Å². The summed E-state index contributed by atoms with van der Waals surface area (Å²) in [7, 11) is 0. The maximum atomic E-state index is 8.47. The van der Waals surface area contributed by atoms with E-state index >= 15 is 0 Å². The van der Waals surface area contributed by atoms with Crippen molar-refractivity contribution in [3.63, 3.8) is 0 Å². The number of hydrogen-bond acceptors (Lipinski definition) is 3. The van der Waals surface area contributed by atoms with Crippen molar-refractivity contribution in [1.82, 2.24) is 10.2 Å². The second kappa shape index (κ2) is 4.77. The highest BCUT2D eigenvalue weighted by Crippen LogP contribution is 2.24. The number of nitrogens with zero attached hydrogens (tertiary/aromatic N) is 2. The summed E-state index contributed by atoms with van der Waals surface area (Å²) in [4.78, 5) is 2.52. The molecule has 2 aliphatic rings. The number of nitriles is 1. The number of hydrogen-bond donors (Lipinski definition) is 1. The minimum Gasteiger partial charge on any atom is -0.312 e. The predicted molar refractivity (Wildman–Crippen MR) is 55.8 cm³/mol. The predicted octanol–water partition coefficient (Wildman–Crippen LogP) is 0.974. The number of nitrogens with one attached hydrogen (secondary N) is 1. The summed E-state index contributed by atoms with van der Waals surface area (Å²) >= 11 is 0. The molecule has 0 aromatic heterocycles. The molecule has 14 heavy (non-hydrogen) atoms. The van der Waals surface area contributed by atoms with Crippen LogP contribution in [-0.2, 0) is 0 Å². The molecule has 0 bridgehead atoms. The molecular weight excluding hydrogens is 174 g/mol. The van der Waals surface area contributed by atoms with Crippen molar-refractivity contribution in [3.05, 3.63) is 0 Å². The fourth-order valence-electron chi connectivity index (χ4n) is 2.70. The largest absolute Gasteiger partial charge is 0.312 e. The number of likely N-dealkylation sites (tertiary alicyclic amines) is 1. The van der Waals surface area contributed by atoms with E-state index in [2.05, 4.69) is 16.3 Å². The number of piperidine rings is 1. The summed E-state index contributed by atoms with van der Waals surface area (Å²) in [5.74, 6) is 0.880. The second-order valence-electron chi connectivity index (χ2n) is 4.48. The Bertz CT molecular complexity index is 207. The first-order valence-electron chi connectivity index (χ1n) is 5.73. The Morgan fingerprint density at radius 3 is 3.14 bits per heavy atom. The maximum Gasteiger partial charge on any atom is 0.0622 e. The first-order chi connectivity index (χ1) is 6.90. The molecule has 2 aliphatic heterocycles. The zero-order chi connectivity index (χ0) is 9.80. The lowest BCUT2D eigenvalue weighted by atomic mass is 9.94. The lowest BCUT2D eigenvalue weighted by Gasteiger charge is -2.24. The van der Waals surface area contributed by atoms with E-state index in [0.717, 1.165) is 24.9 Å². The molecule has 1 N–H and O–H groups in total. The highest BCUT2D eigenvalue weighted by atomic mass is 15.2. The molecule has 2 rings (SSSR count). The van der Waals surface area contributed by atoms with E-state index in [1.165, 1.54) is 32.5 Å². The molecule has 2 heterocycles. The summed E-state index contributed by atoms with van der Waals surface area (Å²) in [6.07, 6.45) is 4.48. The lowest BCUT2D eigenvalue weighted by molar-refractivity contribution is 0.317. The highest BCUT2D eigenvalue weighted by molar-refractivity contribution is 4.91. The van der Waals surface area contributed by atoms with Gasteiger partial charge in [0.25, 0.3) is 0 Å². The first-order valence-corrected chi connectivity index (χ1v) is 5.73. The van der Waals surface area contributed by atoms with Gasteiger partial charge in [-0.05, 0) is 38.3 Å². The van der Waals surface area contributed by atoms with Gasteiger partial charge in [0.1, 0.15) is 0 Å². The van der Waals surface area contributed by atoms with Crippen LogP contribution in [0, 0.1) is 17.2 Å². The molecule has 2 saturated heterocycles. The third kappa shape index (κ3) is 2.26. The number of rotatable bonds is 3. The normalized spacial score (nSPS) is 32.5. The Labute approximate surface area is 86.1 Å². The summed E-state index contributed by atoms with van der Waals surface area (Å²) in [5.41, 5.74) is 0. The Hall–Kier alpha value is -0.590. The molecular formula is C11H19N3. The third-order valence-corrected chi connectivity index (χ3v) is 3.44. The molecule has 2 unspecified atom stereocenters. The maximum absolute atomic E-state index is 8.47. The van der Waals surface area contributed by atoms with Gasteiger partial charge in [-0.1, -0.05) is 0 Å². The fourth-order valence-corrected chi connectivity index (χ4v) is 2.70. The van der Waals surface area contributed by atoms with Crippen molar-refractivity contribution in [3.8, 4) is 6.07 Å². The minimum atomic E-state index is 0.708. The second-order valence-corrected chi connectivity index (χ2v) is 4.48. The quantitative estimate of drug-likeness (QED) is 0.679. The van der Waals surface area contributed by atoms with Gasteiger partial charge in [0.2, 0.25) is 0 Å². The molecule has 0 spiro atoms. The van der Waals surface area contributed by atoms with Gasteiger partial charge >= 0.3 is 0 Å². The Kier molecular flexibility index (Phi) is 3.39. The zero-order valence-corrected chi connectivity index (χ0v) is 8.71. The third-order valence-electron chi connectivity index (χ3n) is 3.44. The van der Waals surface area contributed by atoms with E-state index in [9.17, 15) is 0 Å². The molecule has 2 fully saturated rings. The molecule has 0 saturated carbocycles. The van der Waals surface area contributed by atoms with E-state index in [1.807, 2.05) is 0 Å². The van der Waals surface area contributed by atoms with Crippen molar-refractivity contribution >= 4 is 0 Å². The van der Waals surface area contributed by atoms with E-state index < -0.39 is 0 Å². The van der Waals surface area contributed by atoms with Crippen LogP contribution in [0.4, 0.5) is 0 Å². The average Bonchev–Trinajstić information content (AvgIpc) is 2.60. The molecule has 0 aliphatic carbocycles. The van der Waals surface area contributed by atoms with Gasteiger partial charge in [0.05, 0.1) is 6.07 Å². The topological polar surface area (TPSA) is 39.1 Å². The zero-order valence-electron chi connectivity index (χ0n) is 8.71. The Balaban J connectivity index is 1.73. The van der Waals surface area contributed by atoms with Gasteiger partial charge in [-0.3, -0.25) is 0 Å². The number of fused-ring (bicyclic) bond motifs is 1. The van der Waals surface area contributed by atoms with E-state index in [0.29, 0.717) is 6.42 Å².